The molecule has 0 atom stereocenters. The smallest absolute Gasteiger partial charge is 0.288 e. The van der Waals surface area contributed by atoms with Gasteiger partial charge in [0, 0.05) is 16.3 Å². The van der Waals surface area contributed by atoms with Crippen LogP contribution in [0.1, 0.15) is 0 Å². The zero-order chi connectivity index (χ0) is 19.9. The largest absolute Gasteiger partial charge is 0.330 e. The maximum atomic E-state index is 13.1. The second-order valence-electron chi connectivity index (χ2n) is 5.25. The number of aromatic nitrogens is 2. The summed E-state index contributed by atoms with van der Waals surface area (Å²) in [4.78, 5) is 12.4. The summed E-state index contributed by atoms with van der Waals surface area (Å²) in [5.74, 6) is -3.07. The molecule has 0 saturated carbocycles. The average Bonchev–Trinajstić information content (AvgIpc) is 3.09. The van der Waals surface area contributed by atoms with Gasteiger partial charge in [-0.2, -0.15) is 8.78 Å². The lowest BCUT2D eigenvalue weighted by molar-refractivity contribution is -0.113. The fourth-order valence-corrected chi connectivity index (χ4v) is 4.12. The van der Waals surface area contributed by atoms with Crippen molar-refractivity contribution in [2.45, 2.75) is 15.0 Å². The molecule has 0 saturated heterocycles. The highest BCUT2D eigenvalue weighted by atomic mass is 32.2. The van der Waals surface area contributed by atoms with E-state index in [1.165, 1.54) is 41.3 Å². The van der Waals surface area contributed by atoms with Crippen molar-refractivity contribution in [2.24, 2.45) is 0 Å². The Labute approximate surface area is 171 Å². The number of benzene rings is 2. The Hall–Kier alpha value is -2.24. The first-order valence-electron chi connectivity index (χ1n) is 7.81. The van der Waals surface area contributed by atoms with Crippen molar-refractivity contribution < 1.29 is 18.0 Å². The average molecular weight is 443 g/mol. The van der Waals surface area contributed by atoms with Crippen LogP contribution in [0.4, 0.5) is 29.7 Å². The van der Waals surface area contributed by atoms with Crippen LogP contribution in [-0.4, -0.2) is 27.6 Å². The summed E-state index contributed by atoms with van der Waals surface area (Å²) in [6.07, 6.45) is 0. The van der Waals surface area contributed by atoms with Crippen LogP contribution in [0.3, 0.4) is 0 Å². The zero-order valence-electron chi connectivity index (χ0n) is 14.1. The Morgan fingerprint density at radius 2 is 1.89 bits per heavy atom. The fraction of sp³-hybridized carbons (Fsp3) is 0.118. The van der Waals surface area contributed by atoms with E-state index in [-0.39, 0.29) is 11.7 Å². The molecule has 28 heavy (non-hydrogen) atoms. The molecule has 0 aliphatic heterocycles. The highest BCUT2D eigenvalue weighted by Crippen LogP contribution is 2.30. The first-order valence-corrected chi connectivity index (χ1v) is 10.5. The third-order valence-electron chi connectivity index (χ3n) is 3.17. The van der Waals surface area contributed by atoms with Crippen molar-refractivity contribution in [3.63, 3.8) is 0 Å². The van der Waals surface area contributed by atoms with Crippen LogP contribution in [0.15, 0.2) is 57.8 Å². The normalized spacial score (nSPS) is 10.9. The molecule has 0 spiro atoms. The second kappa shape index (κ2) is 9.80. The summed E-state index contributed by atoms with van der Waals surface area (Å²) in [6.45, 7) is 0. The predicted octanol–water partition coefficient (Wildman–Crippen LogP) is 5.47. The molecule has 3 aromatic rings. The lowest BCUT2D eigenvalue weighted by Crippen LogP contribution is -2.13. The van der Waals surface area contributed by atoms with Gasteiger partial charge in [0.1, 0.15) is 5.82 Å². The molecule has 2 aromatic carbocycles. The van der Waals surface area contributed by atoms with E-state index < -0.39 is 11.6 Å². The van der Waals surface area contributed by atoms with Crippen LogP contribution in [0.2, 0.25) is 0 Å². The van der Waals surface area contributed by atoms with Gasteiger partial charge in [-0.1, -0.05) is 40.9 Å². The van der Waals surface area contributed by atoms with Gasteiger partial charge < -0.3 is 10.6 Å². The van der Waals surface area contributed by atoms with E-state index in [0.717, 1.165) is 0 Å². The molecule has 0 unspecified atom stereocenters. The molecular weight excluding hydrogens is 429 g/mol. The first kappa shape index (κ1) is 20.5. The number of anilines is 3. The van der Waals surface area contributed by atoms with Crippen molar-refractivity contribution in [1.82, 2.24) is 10.2 Å². The number of hydrogen-bond donors (Lipinski definition) is 2. The van der Waals surface area contributed by atoms with Gasteiger partial charge in [0.2, 0.25) is 11.0 Å². The number of carbonyl (C=O) groups excluding carboxylic acids is 1. The van der Waals surface area contributed by atoms with E-state index in [2.05, 4.69) is 20.8 Å². The first-order chi connectivity index (χ1) is 13.5. The van der Waals surface area contributed by atoms with Crippen LogP contribution in [0.5, 0.6) is 0 Å². The molecule has 1 heterocycles. The molecule has 0 radical (unpaired) electrons. The zero-order valence-corrected chi connectivity index (χ0v) is 16.5. The number of rotatable bonds is 8. The monoisotopic (exact) mass is 442 g/mol. The Morgan fingerprint density at radius 1 is 1.11 bits per heavy atom. The molecule has 146 valence electrons. The molecule has 1 amide bonds. The Bertz CT molecular complexity index is 937. The van der Waals surface area contributed by atoms with E-state index in [1.807, 2.05) is 0 Å². The Balaban J connectivity index is 1.49. The highest BCUT2D eigenvalue weighted by molar-refractivity contribution is 8.01. The van der Waals surface area contributed by atoms with Crippen LogP contribution in [0, 0.1) is 5.82 Å². The predicted molar refractivity (Wildman–Crippen MR) is 107 cm³/mol. The molecule has 0 fully saturated rings. The molecule has 0 aliphatic carbocycles. The molecule has 1 aromatic heterocycles. The lowest BCUT2D eigenvalue weighted by Gasteiger charge is -2.04. The van der Waals surface area contributed by atoms with E-state index >= 15 is 0 Å². The van der Waals surface area contributed by atoms with E-state index in [4.69, 9.17) is 0 Å². The van der Waals surface area contributed by atoms with Gasteiger partial charge in [-0.05, 0) is 42.5 Å². The van der Waals surface area contributed by atoms with Crippen molar-refractivity contribution >= 4 is 57.3 Å². The third kappa shape index (κ3) is 6.43. The number of halogens is 3. The number of nitrogens with zero attached hydrogens (tertiary/aromatic N) is 2. The maximum Gasteiger partial charge on any atom is 0.288 e. The SMILES string of the molecule is O=C(CSc1nnc(Nc2ccc(SC(F)F)cc2)s1)Nc1cccc(F)c1. The third-order valence-corrected chi connectivity index (χ3v) is 5.87. The Morgan fingerprint density at radius 3 is 2.61 bits per heavy atom. The van der Waals surface area contributed by atoms with E-state index in [9.17, 15) is 18.0 Å². The summed E-state index contributed by atoms with van der Waals surface area (Å²) >= 11 is 2.94. The molecule has 2 N–H and O–H groups in total. The van der Waals surface area contributed by atoms with Crippen LogP contribution < -0.4 is 10.6 Å². The molecule has 5 nitrogen and oxygen atoms in total. The minimum Gasteiger partial charge on any atom is -0.330 e. The van der Waals surface area contributed by atoms with Crippen molar-refractivity contribution in [2.75, 3.05) is 16.4 Å². The highest BCUT2D eigenvalue weighted by Gasteiger charge is 2.10. The van der Waals surface area contributed by atoms with Gasteiger partial charge in [0.05, 0.1) is 5.75 Å². The van der Waals surface area contributed by atoms with Crippen molar-refractivity contribution in [1.29, 1.82) is 0 Å². The lowest BCUT2D eigenvalue weighted by atomic mass is 10.3. The molecule has 0 bridgehead atoms. The van der Waals surface area contributed by atoms with E-state index in [1.54, 1.807) is 30.3 Å². The number of amides is 1. The summed E-state index contributed by atoms with van der Waals surface area (Å²) < 4.78 is 38.3. The molecular formula is C17H13F3N4OS3. The second-order valence-corrected chi connectivity index (χ2v) is 8.51. The number of hydrogen-bond acceptors (Lipinski definition) is 7. The molecule has 3 rings (SSSR count). The summed E-state index contributed by atoms with van der Waals surface area (Å²) in [6, 6.07) is 12.2. The van der Waals surface area contributed by atoms with Crippen molar-refractivity contribution in [3.8, 4) is 0 Å². The summed E-state index contributed by atoms with van der Waals surface area (Å²) in [7, 11) is 0. The van der Waals surface area contributed by atoms with Gasteiger partial charge in [0.25, 0.3) is 5.76 Å². The van der Waals surface area contributed by atoms with E-state index in [0.29, 0.717) is 37.5 Å². The number of carbonyl (C=O) groups is 1. The molecule has 11 heteroatoms. The fourth-order valence-electron chi connectivity index (χ4n) is 2.05. The standard InChI is InChI=1S/C17H13F3N4OS3/c18-10-2-1-3-12(8-10)21-14(25)9-26-17-24-23-16(28-17)22-11-4-6-13(7-5-11)27-15(19)20/h1-8,15H,9H2,(H,21,25)(H,22,23). The van der Waals surface area contributed by atoms with Gasteiger partial charge >= 0.3 is 0 Å². The Kier molecular flexibility index (Phi) is 7.18. The minimum atomic E-state index is -2.46. The van der Waals surface area contributed by atoms with Gasteiger partial charge in [-0.3, -0.25) is 4.79 Å². The van der Waals surface area contributed by atoms with Crippen LogP contribution in [0.25, 0.3) is 0 Å². The summed E-state index contributed by atoms with van der Waals surface area (Å²) in [5, 5.41) is 14.1. The van der Waals surface area contributed by atoms with Gasteiger partial charge in [0.15, 0.2) is 4.34 Å². The number of alkyl halides is 2. The quantitative estimate of drug-likeness (QED) is 0.451. The minimum absolute atomic E-state index is 0.102. The topological polar surface area (TPSA) is 66.9 Å². The number of thioether (sulfide) groups is 2. The van der Waals surface area contributed by atoms with Crippen LogP contribution >= 0.6 is 34.9 Å². The van der Waals surface area contributed by atoms with Gasteiger partial charge in [-0.25, -0.2) is 4.39 Å². The van der Waals surface area contributed by atoms with Crippen LogP contribution in [-0.2, 0) is 4.79 Å². The molecule has 0 aliphatic rings. The number of nitrogens with one attached hydrogen (secondary N) is 2. The van der Waals surface area contributed by atoms with Gasteiger partial charge in [-0.15, -0.1) is 10.2 Å². The summed E-state index contributed by atoms with van der Waals surface area (Å²) in [5.41, 5.74) is 1.08. The van der Waals surface area contributed by atoms with Crippen molar-refractivity contribution in [3.05, 3.63) is 54.3 Å². The maximum absolute atomic E-state index is 13.1.